The maximum absolute atomic E-state index is 12.8. The van der Waals surface area contributed by atoms with E-state index < -0.39 is 5.97 Å². The van der Waals surface area contributed by atoms with Crippen molar-refractivity contribution in [2.24, 2.45) is 5.92 Å². The highest BCUT2D eigenvalue weighted by Gasteiger charge is 2.26. The zero-order valence-corrected chi connectivity index (χ0v) is 19.5. The van der Waals surface area contributed by atoms with Crippen molar-refractivity contribution in [1.82, 2.24) is 15.0 Å². The Hall–Kier alpha value is -3.72. The van der Waals surface area contributed by atoms with E-state index in [1.807, 2.05) is 31.2 Å². The summed E-state index contributed by atoms with van der Waals surface area (Å²) in [7, 11) is 2.96. The molecule has 1 aliphatic rings. The third kappa shape index (κ3) is 5.43. The zero-order chi connectivity index (χ0) is 24.1. The van der Waals surface area contributed by atoms with Crippen LogP contribution in [0.15, 0.2) is 47.0 Å². The van der Waals surface area contributed by atoms with E-state index in [9.17, 15) is 9.59 Å². The number of benzene rings is 2. The number of ether oxygens (including phenoxy) is 2. The van der Waals surface area contributed by atoms with Crippen LogP contribution in [0.4, 0.5) is 5.69 Å². The molecule has 1 saturated heterocycles. The number of rotatable bonds is 7. The van der Waals surface area contributed by atoms with Gasteiger partial charge in [-0.25, -0.2) is 4.79 Å². The molecule has 9 nitrogen and oxygen atoms in total. The number of piperidine rings is 1. The fourth-order valence-electron chi connectivity index (χ4n) is 3.96. The number of nitrogens with zero attached hydrogens (tertiary/aromatic N) is 3. The molecule has 178 valence electrons. The second kappa shape index (κ2) is 10.5. The largest absolute Gasteiger partial charge is 0.497 e. The molecule has 2 aromatic carbocycles. The van der Waals surface area contributed by atoms with Crippen molar-refractivity contribution < 1.29 is 23.6 Å². The Morgan fingerprint density at radius 3 is 2.53 bits per heavy atom. The first-order valence-electron chi connectivity index (χ1n) is 11.2. The number of hydrogen-bond donors (Lipinski definition) is 1. The van der Waals surface area contributed by atoms with Crippen LogP contribution in [0.1, 0.15) is 34.7 Å². The number of aromatic nitrogens is 2. The smallest absolute Gasteiger partial charge is 0.337 e. The first-order chi connectivity index (χ1) is 16.5. The first kappa shape index (κ1) is 23.4. The minimum absolute atomic E-state index is 0.0376. The van der Waals surface area contributed by atoms with Crippen molar-refractivity contribution in [3.63, 3.8) is 0 Å². The lowest BCUT2D eigenvalue weighted by Gasteiger charge is -2.30. The van der Waals surface area contributed by atoms with Gasteiger partial charge in [0.1, 0.15) is 5.75 Å². The number of carbonyl (C=O) groups excluding carboxylic acids is 2. The fraction of sp³-hybridized carbons (Fsp3) is 0.360. The molecule has 3 aromatic rings. The van der Waals surface area contributed by atoms with Gasteiger partial charge in [-0.2, -0.15) is 4.98 Å². The molecule has 0 unspecified atom stereocenters. The Kier molecular flexibility index (Phi) is 7.22. The van der Waals surface area contributed by atoms with Crippen LogP contribution in [-0.4, -0.2) is 54.2 Å². The summed E-state index contributed by atoms with van der Waals surface area (Å²) in [6, 6.07) is 12.6. The lowest BCUT2D eigenvalue weighted by atomic mass is 9.95. The molecular formula is C25H28N4O5. The Bertz CT molecular complexity index is 1150. The second-order valence-electron chi connectivity index (χ2n) is 8.30. The highest BCUT2D eigenvalue weighted by molar-refractivity contribution is 5.96. The van der Waals surface area contributed by atoms with Crippen molar-refractivity contribution >= 4 is 17.6 Å². The molecule has 34 heavy (non-hydrogen) atoms. The van der Waals surface area contributed by atoms with Gasteiger partial charge in [0.25, 0.3) is 0 Å². The van der Waals surface area contributed by atoms with Gasteiger partial charge >= 0.3 is 5.97 Å². The van der Waals surface area contributed by atoms with Gasteiger partial charge in [0, 0.05) is 17.2 Å². The quantitative estimate of drug-likeness (QED) is 0.528. The number of likely N-dealkylation sites (tertiary alicyclic amines) is 1. The van der Waals surface area contributed by atoms with Gasteiger partial charge in [-0.05, 0) is 74.8 Å². The molecule has 0 bridgehead atoms. The van der Waals surface area contributed by atoms with Gasteiger partial charge in [0.15, 0.2) is 0 Å². The summed E-state index contributed by atoms with van der Waals surface area (Å²) >= 11 is 0. The maximum Gasteiger partial charge on any atom is 0.337 e. The molecule has 1 amide bonds. The van der Waals surface area contributed by atoms with E-state index in [0.29, 0.717) is 29.5 Å². The minimum Gasteiger partial charge on any atom is -0.497 e. The van der Waals surface area contributed by atoms with E-state index in [0.717, 1.165) is 42.8 Å². The van der Waals surface area contributed by atoms with E-state index >= 15 is 0 Å². The van der Waals surface area contributed by atoms with Crippen molar-refractivity contribution in [3.8, 4) is 17.1 Å². The third-order valence-electron chi connectivity index (χ3n) is 6.05. The van der Waals surface area contributed by atoms with E-state index in [2.05, 4.69) is 20.4 Å². The molecule has 0 saturated carbocycles. The van der Waals surface area contributed by atoms with E-state index in [1.54, 1.807) is 25.3 Å². The Morgan fingerprint density at radius 1 is 1.12 bits per heavy atom. The van der Waals surface area contributed by atoms with Crippen LogP contribution in [0.3, 0.4) is 0 Å². The number of aryl methyl sites for hydroxylation is 1. The summed E-state index contributed by atoms with van der Waals surface area (Å²) in [5.41, 5.74) is 2.79. The van der Waals surface area contributed by atoms with Crippen LogP contribution >= 0.6 is 0 Å². The maximum atomic E-state index is 12.8. The Balaban J connectivity index is 1.30. The number of amides is 1. The molecule has 0 radical (unpaired) electrons. The van der Waals surface area contributed by atoms with Gasteiger partial charge < -0.3 is 19.3 Å². The molecule has 1 aromatic heterocycles. The number of anilines is 1. The summed E-state index contributed by atoms with van der Waals surface area (Å²) < 4.78 is 15.4. The van der Waals surface area contributed by atoms with Crippen LogP contribution in [0.25, 0.3) is 11.4 Å². The highest BCUT2D eigenvalue weighted by Crippen LogP contribution is 2.24. The molecule has 1 fully saturated rings. The first-order valence-corrected chi connectivity index (χ1v) is 11.2. The number of hydrogen-bond acceptors (Lipinski definition) is 8. The fourth-order valence-corrected chi connectivity index (χ4v) is 3.96. The zero-order valence-electron chi connectivity index (χ0n) is 19.5. The molecule has 0 aliphatic carbocycles. The highest BCUT2D eigenvalue weighted by atomic mass is 16.5. The molecule has 1 aliphatic heterocycles. The Morgan fingerprint density at radius 2 is 1.85 bits per heavy atom. The second-order valence-corrected chi connectivity index (χ2v) is 8.30. The molecule has 9 heteroatoms. The predicted octanol–water partition coefficient (Wildman–Crippen LogP) is 3.69. The van der Waals surface area contributed by atoms with Gasteiger partial charge in [-0.3, -0.25) is 9.69 Å². The number of nitrogens with one attached hydrogen (secondary N) is 1. The van der Waals surface area contributed by atoms with Crippen LogP contribution in [0.5, 0.6) is 5.75 Å². The van der Waals surface area contributed by atoms with Crippen molar-refractivity contribution in [2.75, 3.05) is 32.6 Å². The molecule has 4 rings (SSSR count). The average molecular weight is 465 g/mol. The molecular weight excluding hydrogens is 436 g/mol. The van der Waals surface area contributed by atoms with Crippen LogP contribution in [0, 0.1) is 12.8 Å². The number of methoxy groups -OCH3 is 2. The van der Waals surface area contributed by atoms with Gasteiger partial charge in [0.05, 0.1) is 26.3 Å². The van der Waals surface area contributed by atoms with Crippen molar-refractivity contribution in [1.29, 1.82) is 0 Å². The van der Waals surface area contributed by atoms with Gasteiger partial charge in [0.2, 0.25) is 17.6 Å². The summed E-state index contributed by atoms with van der Waals surface area (Å²) in [4.78, 5) is 31.4. The summed E-state index contributed by atoms with van der Waals surface area (Å²) in [5, 5.41) is 7.06. The monoisotopic (exact) mass is 464 g/mol. The third-order valence-corrected chi connectivity index (χ3v) is 6.05. The average Bonchev–Trinajstić information content (AvgIpc) is 3.33. The molecule has 1 N–H and O–H groups in total. The number of esters is 1. The Labute approximate surface area is 198 Å². The molecule has 0 spiro atoms. The summed E-state index contributed by atoms with van der Waals surface area (Å²) in [6.07, 6.45) is 1.45. The lowest BCUT2D eigenvalue weighted by Crippen LogP contribution is -2.37. The van der Waals surface area contributed by atoms with Crippen LogP contribution in [0.2, 0.25) is 0 Å². The molecule has 0 atom stereocenters. The van der Waals surface area contributed by atoms with E-state index in [-0.39, 0.29) is 11.8 Å². The van der Waals surface area contributed by atoms with Crippen molar-refractivity contribution in [3.05, 3.63) is 59.5 Å². The topological polar surface area (TPSA) is 107 Å². The van der Waals surface area contributed by atoms with E-state index in [4.69, 9.17) is 14.0 Å². The van der Waals surface area contributed by atoms with Gasteiger partial charge in [-0.15, -0.1) is 0 Å². The van der Waals surface area contributed by atoms with E-state index in [1.165, 1.54) is 7.11 Å². The summed E-state index contributed by atoms with van der Waals surface area (Å²) in [5.74, 6) is 1.28. The summed E-state index contributed by atoms with van der Waals surface area (Å²) in [6.45, 7) is 3.93. The minimum atomic E-state index is -0.431. The number of carbonyl (C=O) groups is 2. The normalized spacial score (nSPS) is 14.6. The SMILES string of the molecule is COC(=O)c1ccc(C)c(NC(=O)C2CCN(Cc3nc(-c4ccc(OC)cc4)no3)CC2)c1. The van der Waals surface area contributed by atoms with Crippen molar-refractivity contribution in [2.45, 2.75) is 26.3 Å². The van der Waals surface area contributed by atoms with Crippen LogP contribution in [-0.2, 0) is 16.1 Å². The lowest BCUT2D eigenvalue weighted by molar-refractivity contribution is -0.121. The standard InChI is InChI=1S/C25H28N4O5/c1-16-4-5-19(25(31)33-3)14-21(16)26-24(30)18-10-12-29(13-11-18)15-22-27-23(28-34-22)17-6-8-20(32-2)9-7-17/h4-9,14,18H,10-13,15H2,1-3H3,(H,26,30). The molecule has 2 heterocycles. The predicted molar refractivity (Wildman–Crippen MR) is 125 cm³/mol. The van der Waals surface area contributed by atoms with Crippen LogP contribution < -0.4 is 10.1 Å². The van der Waals surface area contributed by atoms with Gasteiger partial charge in [-0.1, -0.05) is 11.2 Å².